The van der Waals surface area contributed by atoms with Crippen LogP contribution >= 0.6 is 11.3 Å². The summed E-state index contributed by atoms with van der Waals surface area (Å²) in [4.78, 5) is 15.1. The average Bonchev–Trinajstić information content (AvgIpc) is 3.06. The van der Waals surface area contributed by atoms with Crippen LogP contribution < -0.4 is 4.72 Å². The van der Waals surface area contributed by atoms with Gasteiger partial charge in [-0.3, -0.25) is 5.10 Å². The maximum Gasteiger partial charge on any atom is 0.358 e. The van der Waals surface area contributed by atoms with Gasteiger partial charge < -0.3 is 4.74 Å². The smallest absolute Gasteiger partial charge is 0.358 e. The Balaban J connectivity index is 2.20. The molecule has 2 aromatic heterocycles. The Morgan fingerprint density at radius 2 is 2.37 bits per heavy atom. The van der Waals surface area contributed by atoms with E-state index in [0.717, 1.165) is 18.4 Å². The van der Waals surface area contributed by atoms with Crippen LogP contribution in [0.1, 0.15) is 16.1 Å². The normalized spacial score (nSPS) is 11.4. The number of thiazole rings is 1. The molecule has 0 bridgehead atoms. The number of nitrogens with zero attached hydrogens (tertiary/aromatic N) is 2. The Bertz CT molecular complexity index is 662. The van der Waals surface area contributed by atoms with Gasteiger partial charge in [0.1, 0.15) is 0 Å². The van der Waals surface area contributed by atoms with Gasteiger partial charge in [0.25, 0.3) is 10.0 Å². The number of carbonyl (C=O) groups excluding carboxylic acids is 1. The summed E-state index contributed by atoms with van der Waals surface area (Å²) < 4.78 is 30.8. The lowest BCUT2D eigenvalue weighted by Gasteiger charge is -2.04. The number of H-pyrrole nitrogens is 1. The summed E-state index contributed by atoms with van der Waals surface area (Å²) in [7, 11) is -2.65. The molecule has 10 heteroatoms. The number of sulfonamides is 1. The van der Waals surface area contributed by atoms with Crippen molar-refractivity contribution < 1.29 is 17.9 Å². The van der Waals surface area contributed by atoms with Crippen molar-refractivity contribution in [2.45, 2.75) is 10.8 Å². The van der Waals surface area contributed by atoms with E-state index < -0.39 is 16.0 Å². The number of aromatic amines is 1. The van der Waals surface area contributed by atoms with Gasteiger partial charge in [-0.1, -0.05) is 0 Å². The van der Waals surface area contributed by atoms with Crippen molar-refractivity contribution in [3.8, 4) is 0 Å². The van der Waals surface area contributed by atoms with Crippen LogP contribution in [-0.4, -0.2) is 36.7 Å². The molecule has 0 atom stereocenters. The number of methoxy groups -OCH3 is 1. The van der Waals surface area contributed by atoms with E-state index in [9.17, 15) is 13.2 Å². The maximum atomic E-state index is 12.1. The number of carbonyl (C=O) groups is 1. The first-order chi connectivity index (χ1) is 9.04. The van der Waals surface area contributed by atoms with Gasteiger partial charge in [-0.15, -0.1) is 11.3 Å². The summed E-state index contributed by atoms with van der Waals surface area (Å²) in [5, 5.41) is 6.27. The minimum atomic E-state index is -3.82. The summed E-state index contributed by atoms with van der Waals surface area (Å²) >= 11 is 0.852. The number of nitrogens with one attached hydrogen (secondary N) is 2. The van der Waals surface area contributed by atoms with E-state index in [0.29, 0.717) is 5.56 Å². The number of rotatable bonds is 5. The maximum absolute atomic E-state index is 12.1. The van der Waals surface area contributed by atoms with Crippen LogP contribution in [-0.2, 0) is 21.3 Å². The number of ether oxygens (including phenoxy) is 1. The van der Waals surface area contributed by atoms with Crippen molar-refractivity contribution in [2.24, 2.45) is 0 Å². The molecule has 8 nitrogen and oxygen atoms in total. The van der Waals surface area contributed by atoms with Gasteiger partial charge in [0.05, 0.1) is 18.8 Å². The highest BCUT2D eigenvalue weighted by Gasteiger charge is 2.26. The quantitative estimate of drug-likeness (QED) is 0.759. The Labute approximate surface area is 112 Å². The molecule has 19 heavy (non-hydrogen) atoms. The van der Waals surface area contributed by atoms with Gasteiger partial charge >= 0.3 is 5.97 Å². The molecule has 2 rings (SSSR count). The van der Waals surface area contributed by atoms with E-state index in [1.807, 2.05) is 0 Å². The van der Waals surface area contributed by atoms with Crippen molar-refractivity contribution >= 4 is 27.3 Å². The van der Waals surface area contributed by atoms with Gasteiger partial charge in [0.2, 0.25) is 0 Å². The minimum absolute atomic E-state index is 0.0668. The van der Waals surface area contributed by atoms with Gasteiger partial charge in [-0.05, 0) is 0 Å². The van der Waals surface area contributed by atoms with E-state index in [-0.39, 0.29) is 16.4 Å². The molecule has 0 unspecified atom stereocenters. The fourth-order valence-corrected chi connectivity index (χ4v) is 3.47. The first kappa shape index (κ1) is 13.6. The monoisotopic (exact) mass is 302 g/mol. The lowest BCUT2D eigenvalue weighted by atomic mass is 10.4. The highest BCUT2D eigenvalue weighted by Crippen LogP contribution is 2.20. The number of esters is 1. The molecule has 2 aromatic rings. The topological polar surface area (TPSA) is 114 Å². The fourth-order valence-electron chi connectivity index (χ4n) is 1.28. The third kappa shape index (κ3) is 2.97. The molecule has 102 valence electrons. The molecule has 0 radical (unpaired) electrons. The van der Waals surface area contributed by atoms with Gasteiger partial charge in [-0.25, -0.2) is 22.9 Å². The Morgan fingerprint density at radius 1 is 1.58 bits per heavy atom. The zero-order valence-electron chi connectivity index (χ0n) is 9.78. The minimum Gasteiger partial charge on any atom is -0.464 e. The molecular weight excluding hydrogens is 292 g/mol. The SMILES string of the molecule is COC(=O)c1ncsc1S(=O)(=O)NCc1cn[nH]c1. The van der Waals surface area contributed by atoms with Crippen molar-refractivity contribution in [2.75, 3.05) is 7.11 Å². The third-order valence-electron chi connectivity index (χ3n) is 2.18. The summed E-state index contributed by atoms with van der Waals surface area (Å²) in [5.74, 6) is -0.787. The molecule has 0 aliphatic carbocycles. The van der Waals surface area contributed by atoms with Crippen LogP contribution in [0.15, 0.2) is 22.1 Å². The predicted molar refractivity (Wildman–Crippen MR) is 66.1 cm³/mol. The average molecular weight is 302 g/mol. The highest BCUT2D eigenvalue weighted by atomic mass is 32.2. The molecule has 0 aromatic carbocycles. The molecule has 0 saturated heterocycles. The molecule has 0 aliphatic heterocycles. The van der Waals surface area contributed by atoms with Crippen molar-refractivity contribution in [1.29, 1.82) is 0 Å². The van der Waals surface area contributed by atoms with E-state index in [1.165, 1.54) is 11.7 Å². The first-order valence-corrected chi connectivity index (χ1v) is 7.40. The van der Waals surface area contributed by atoms with Crippen LogP contribution in [0.5, 0.6) is 0 Å². The standard InChI is InChI=1S/C9H10N4O4S2/c1-17-8(14)7-9(18-5-10-7)19(15,16)13-4-6-2-11-12-3-6/h2-3,5,13H,4H2,1H3,(H,11,12). The predicted octanol–water partition coefficient (Wildman–Crippen LogP) is 0.131. The van der Waals surface area contributed by atoms with Crippen molar-refractivity contribution in [3.63, 3.8) is 0 Å². The lowest BCUT2D eigenvalue weighted by molar-refractivity contribution is 0.0590. The second-order valence-corrected chi connectivity index (χ2v) is 6.23. The van der Waals surface area contributed by atoms with Crippen LogP contribution in [0, 0.1) is 0 Å². The fraction of sp³-hybridized carbons (Fsp3) is 0.222. The molecule has 0 spiro atoms. The Hall–Kier alpha value is -1.78. The van der Waals surface area contributed by atoms with E-state index in [2.05, 4.69) is 24.6 Å². The van der Waals surface area contributed by atoms with Crippen molar-refractivity contribution in [1.82, 2.24) is 19.9 Å². The zero-order chi connectivity index (χ0) is 13.9. The molecular formula is C9H10N4O4S2. The molecule has 0 aliphatic rings. The molecule has 2 N–H and O–H groups in total. The van der Waals surface area contributed by atoms with Crippen molar-refractivity contribution in [3.05, 3.63) is 29.2 Å². The Kier molecular flexibility index (Phi) is 3.93. The number of hydrogen-bond donors (Lipinski definition) is 2. The lowest BCUT2D eigenvalue weighted by Crippen LogP contribution is -2.24. The van der Waals surface area contributed by atoms with Crippen LogP contribution in [0.2, 0.25) is 0 Å². The summed E-state index contributed by atoms with van der Waals surface area (Å²) in [6.45, 7) is 0.0668. The Morgan fingerprint density at radius 3 is 3.00 bits per heavy atom. The van der Waals surface area contributed by atoms with Gasteiger partial charge in [-0.2, -0.15) is 5.10 Å². The highest BCUT2D eigenvalue weighted by molar-refractivity contribution is 7.91. The van der Waals surface area contributed by atoms with E-state index >= 15 is 0 Å². The van der Waals surface area contributed by atoms with Crippen LogP contribution in [0.25, 0.3) is 0 Å². The van der Waals surface area contributed by atoms with E-state index in [4.69, 9.17) is 0 Å². The summed E-state index contributed by atoms with van der Waals surface area (Å²) in [6.07, 6.45) is 3.06. The second-order valence-electron chi connectivity index (χ2n) is 3.41. The summed E-state index contributed by atoms with van der Waals surface area (Å²) in [6, 6.07) is 0. The first-order valence-electron chi connectivity index (χ1n) is 5.03. The zero-order valence-corrected chi connectivity index (χ0v) is 11.4. The third-order valence-corrected chi connectivity index (χ3v) is 4.95. The van der Waals surface area contributed by atoms with Crippen LogP contribution in [0.3, 0.4) is 0 Å². The molecule has 0 saturated carbocycles. The molecule has 0 amide bonds. The number of hydrogen-bond acceptors (Lipinski definition) is 7. The summed E-state index contributed by atoms with van der Waals surface area (Å²) in [5.41, 5.74) is 1.73. The molecule has 0 fully saturated rings. The molecule has 2 heterocycles. The van der Waals surface area contributed by atoms with Gasteiger partial charge in [0.15, 0.2) is 9.90 Å². The van der Waals surface area contributed by atoms with E-state index in [1.54, 1.807) is 6.20 Å². The largest absolute Gasteiger partial charge is 0.464 e. The second kappa shape index (κ2) is 5.47. The van der Waals surface area contributed by atoms with Crippen LogP contribution in [0.4, 0.5) is 0 Å². The number of aromatic nitrogens is 3. The van der Waals surface area contributed by atoms with Gasteiger partial charge in [0, 0.05) is 18.3 Å².